The summed E-state index contributed by atoms with van der Waals surface area (Å²) in [5.74, 6) is -2.45. The van der Waals surface area contributed by atoms with Crippen LogP contribution in [0.5, 0.6) is 5.75 Å². The first-order valence-corrected chi connectivity index (χ1v) is 16.2. The minimum Gasteiger partial charge on any atom is -0.508 e. The summed E-state index contributed by atoms with van der Waals surface area (Å²) in [5.41, 5.74) is -1.18. The van der Waals surface area contributed by atoms with E-state index in [9.17, 15) is 39.3 Å². The highest BCUT2D eigenvalue weighted by Crippen LogP contribution is 2.67. The number of hydrogen-bond donors (Lipinski definition) is 4. The molecule has 1 unspecified atom stereocenters. The number of hydrogen-bond acceptors (Lipinski definition) is 10. The number of rotatable bonds is 10. The number of aromatic hydroxyl groups is 1. The van der Waals surface area contributed by atoms with Gasteiger partial charge in [-0.1, -0.05) is 31.6 Å². The van der Waals surface area contributed by atoms with Crippen LogP contribution in [0.15, 0.2) is 35.9 Å². The summed E-state index contributed by atoms with van der Waals surface area (Å²) in [6.07, 6.45) is 4.23. The molecule has 5 rings (SSSR count). The maximum atomic E-state index is 13.5. The zero-order chi connectivity index (χ0) is 33.4. The molecule has 11 nitrogen and oxygen atoms in total. The summed E-state index contributed by atoms with van der Waals surface area (Å²) in [7, 11) is 1.20. The van der Waals surface area contributed by atoms with Gasteiger partial charge in [0.2, 0.25) is 11.7 Å². The average molecular weight is 640 g/mol. The van der Waals surface area contributed by atoms with Crippen molar-refractivity contribution in [2.75, 3.05) is 13.7 Å². The van der Waals surface area contributed by atoms with Gasteiger partial charge in [-0.25, -0.2) is 4.79 Å². The molecule has 1 amide bonds. The molecule has 11 heteroatoms. The maximum Gasteiger partial charge on any atom is 0.328 e. The van der Waals surface area contributed by atoms with Crippen molar-refractivity contribution >= 4 is 29.4 Å². The Morgan fingerprint density at radius 3 is 2.46 bits per heavy atom. The number of methoxy groups -OCH3 is 1. The number of carbonyl (C=O) groups is 5. The van der Waals surface area contributed by atoms with E-state index in [4.69, 9.17) is 9.47 Å². The van der Waals surface area contributed by atoms with Gasteiger partial charge in [-0.3, -0.25) is 19.2 Å². The SMILES string of the molecule is COC(=O)C(Cc1ccc(O)cc1)NC(=O)CCC(=O)OCC(=O)[C@@]1(O)CC[C@H]2[C@@H]3CCC4=CC(=O)CC[C@]4(C)[C@H]3[C@@H](O)C[C@@]21C. The van der Waals surface area contributed by atoms with E-state index in [1.54, 1.807) is 18.2 Å². The molecular weight excluding hydrogens is 594 g/mol. The molecular formula is C35H45NO10. The number of benzene rings is 1. The smallest absolute Gasteiger partial charge is 0.328 e. The predicted molar refractivity (Wildman–Crippen MR) is 164 cm³/mol. The number of ether oxygens (including phenoxy) is 2. The molecule has 0 aliphatic heterocycles. The number of phenolic OH excluding ortho intramolecular Hbond substituents is 1. The lowest BCUT2D eigenvalue weighted by Crippen LogP contribution is -2.62. The number of Topliss-reactive ketones (excluding diaryl/α,β-unsaturated/α-hetero) is 1. The molecule has 3 fully saturated rings. The number of fused-ring (bicyclic) bond motifs is 5. The zero-order valence-electron chi connectivity index (χ0n) is 26.8. The zero-order valence-corrected chi connectivity index (χ0v) is 26.8. The van der Waals surface area contributed by atoms with Crippen LogP contribution in [-0.2, 0) is 39.9 Å². The van der Waals surface area contributed by atoms with E-state index >= 15 is 0 Å². The van der Waals surface area contributed by atoms with Crippen molar-refractivity contribution in [3.63, 3.8) is 0 Å². The lowest BCUT2D eigenvalue weighted by Gasteiger charge is -2.60. The van der Waals surface area contributed by atoms with E-state index in [-0.39, 0.29) is 66.8 Å². The van der Waals surface area contributed by atoms with Crippen molar-refractivity contribution < 1.29 is 48.8 Å². The number of amides is 1. The van der Waals surface area contributed by atoms with Gasteiger partial charge in [0.25, 0.3) is 0 Å². The van der Waals surface area contributed by atoms with Crippen molar-refractivity contribution in [2.24, 2.45) is 28.6 Å². The van der Waals surface area contributed by atoms with Crippen LogP contribution in [0.25, 0.3) is 0 Å². The average Bonchev–Trinajstić information content (AvgIpc) is 3.29. The molecule has 0 spiro atoms. The second-order valence-corrected chi connectivity index (χ2v) is 14.1. The van der Waals surface area contributed by atoms with Crippen molar-refractivity contribution in [3.05, 3.63) is 41.5 Å². The minimum absolute atomic E-state index is 0.00502. The number of ketones is 2. The molecule has 1 aromatic rings. The molecule has 4 aliphatic carbocycles. The molecule has 0 bridgehead atoms. The van der Waals surface area contributed by atoms with Crippen LogP contribution in [0.4, 0.5) is 0 Å². The van der Waals surface area contributed by atoms with Crippen molar-refractivity contribution in [2.45, 2.75) is 95.8 Å². The molecule has 0 aromatic heterocycles. The highest BCUT2D eigenvalue weighted by atomic mass is 16.5. The first kappa shape index (κ1) is 33.8. The van der Waals surface area contributed by atoms with Crippen LogP contribution in [0.1, 0.15) is 77.2 Å². The summed E-state index contributed by atoms with van der Waals surface area (Å²) < 4.78 is 10.0. The van der Waals surface area contributed by atoms with Gasteiger partial charge in [-0.05, 0) is 85.5 Å². The van der Waals surface area contributed by atoms with Gasteiger partial charge >= 0.3 is 11.9 Å². The largest absolute Gasteiger partial charge is 0.508 e. The normalized spacial score (nSPS) is 33.8. The Labute approximate surface area is 268 Å². The third-order valence-electron chi connectivity index (χ3n) is 11.6. The molecule has 1 aromatic carbocycles. The van der Waals surface area contributed by atoms with E-state index in [0.29, 0.717) is 24.8 Å². The second kappa shape index (κ2) is 12.9. The van der Waals surface area contributed by atoms with Crippen molar-refractivity contribution in [3.8, 4) is 5.75 Å². The predicted octanol–water partition coefficient (Wildman–Crippen LogP) is 2.72. The van der Waals surface area contributed by atoms with Crippen molar-refractivity contribution in [1.82, 2.24) is 5.32 Å². The van der Waals surface area contributed by atoms with Gasteiger partial charge < -0.3 is 30.1 Å². The number of nitrogens with one attached hydrogen (secondary N) is 1. The number of phenols is 1. The quantitative estimate of drug-likeness (QED) is 0.279. The summed E-state index contributed by atoms with van der Waals surface area (Å²) >= 11 is 0. The fourth-order valence-corrected chi connectivity index (χ4v) is 9.17. The van der Waals surface area contributed by atoms with Crippen LogP contribution in [0.3, 0.4) is 0 Å². The Morgan fingerprint density at radius 2 is 1.76 bits per heavy atom. The topological polar surface area (TPSA) is 177 Å². The molecule has 8 atom stereocenters. The Morgan fingerprint density at radius 1 is 1.04 bits per heavy atom. The molecule has 4 aliphatic rings. The highest BCUT2D eigenvalue weighted by Gasteiger charge is 2.68. The van der Waals surface area contributed by atoms with Crippen LogP contribution >= 0.6 is 0 Å². The fourth-order valence-electron chi connectivity index (χ4n) is 9.17. The number of aliphatic hydroxyl groups excluding tert-OH is 1. The number of carbonyl (C=O) groups excluding carboxylic acids is 5. The van der Waals surface area contributed by atoms with Gasteiger partial charge in [0.15, 0.2) is 12.4 Å². The third-order valence-corrected chi connectivity index (χ3v) is 11.6. The highest BCUT2D eigenvalue weighted by molar-refractivity contribution is 5.92. The van der Waals surface area contributed by atoms with Crippen LogP contribution in [0.2, 0.25) is 0 Å². The first-order valence-electron chi connectivity index (χ1n) is 16.2. The van der Waals surface area contributed by atoms with E-state index in [1.807, 2.05) is 6.92 Å². The van der Waals surface area contributed by atoms with E-state index < -0.39 is 53.4 Å². The summed E-state index contributed by atoms with van der Waals surface area (Å²) in [6, 6.07) is 5.14. The lowest BCUT2D eigenvalue weighted by atomic mass is 9.45. The third kappa shape index (κ3) is 6.11. The minimum atomic E-state index is -1.78. The summed E-state index contributed by atoms with van der Waals surface area (Å²) in [5, 5.41) is 35.4. The monoisotopic (exact) mass is 639 g/mol. The molecule has 0 heterocycles. The van der Waals surface area contributed by atoms with Gasteiger partial charge in [0.05, 0.1) is 19.6 Å². The Kier molecular flexibility index (Phi) is 9.48. The standard InChI is InChI=1S/C35H45NO10/c1-33-14-12-23(38)17-21(33)6-9-24-25-13-15-35(44,34(25,2)18-27(39)31(24)33)28(40)19-46-30(42)11-10-29(41)36-26(32(43)45-3)16-20-4-7-22(37)8-5-20/h4-5,7-8,17,24-27,31,37,39,44H,6,9-16,18-19H2,1-3H3,(H,36,41)/t24-,25-,26?,27-,31+,33-,34-,35-/m0/s1. The molecule has 4 N–H and O–H groups in total. The number of aliphatic hydroxyl groups is 2. The lowest BCUT2D eigenvalue weighted by molar-refractivity contribution is -0.184. The van der Waals surface area contributed by atoms with Crippen molar-refractivity contribution in [1.29, 1.82) is 0 Å². The molecule has 0 saturated heterocycles. The molecule has 250 valence electrons. The molecule has 0 radical (unpaired) electrons. The molecule has 46 heavy (non-hydrogen) atoms. The van der Waals surface area contributed by atoms with Gasteiger partial charge in [0.1, 0.15) is 17.4 Å². The number of allylic oxidation sites excluding steroid dienone is 1. The first-order chi connectivity index (χ1) is 21.7. The maximum absolute atomic E-state index is 13.5. The Hall–Kier alpha value is -3.57. The molecule has 3 saturated carbocycles. The van der Waals surface area contributed by atoms with E-state index in [0.717, 1.165) is 18.4 Å². The fraction of sp³-hybridized carbons (Fsp3) is 0.629. The van der Waals surface area contributed by atoms with Crippen LogP contribution in [0, 0.1) is 28.6 Å². The summed E-state index contributed by atoms with van der Waals surface area (Å²) in [6.45, 7) is 3.36. The second-order valence-electron chi connectivity index (χ2n) is 14.1. The van der Waals surface area contributed by atoms with E-state index in [1.165, 1.54) is 19.2 Å². The van der Waals surface area contributed by atoms with Gasteiger partial charge in [0, 0.05) is 24.7 Å². The van der Waals surface area contributed by atoms with Crippen LogP contribution in [-0.4, -0.2) is 76.2 Å². The Balaban J connectivity index is 1.16. The summed E-state index contributed by atoms with van der Waals surface area (Å²) in [4.78, 5) is 63.0. The Bertz CT molecular complexity index is 1420. The van der Waals surface area contributed by atoms with Gasteiger partial charge in [-0.15, -0.1) is 0 Å². The van der Waals surface area contributed by atoms with Gasteiger partial charge in [-0.2, -0.15) is 0 Å². The number of esters is 2. The van der Waals surface area contributed by atoms with Crippen LogP contribution < -0.4 is 5.32 Å². The van der Waals surface area contributed by atoms with E-state index in [2.05, 4.69) is 12.2 Å².